The Morgan fingerprint density at radius 2 is 2.00 bits per heavy atom. The third-order valence-corrected chi connectivity index (χ3v) is 6.44. The Balaban J connectivity index is 1.51. The Bertz CT molecular complexity index is 1270. The van der Waals surface area contributed by atoms with Crippen LogP contribution in [-0.2, 0) is 11.4 Å². The Kier molecular flexibility index (Phi) is 9.59. The van der Waals surface area contributed by atoms with Crippen molar-refractivity contribution in [2.45, 2.75) is 32.4 Å². The van der Waals surface area contributed by atoms with E-state index >= 15 is 0 Å². The molecule has 2 atom stereocenters. The molecule has 0 saturated heterocycles. The molecule has 0 aliphatic carbocycles. The van der Waals surface area contributed by atoms with Crippen molar-refractivity contribution >= 4 is 23.0 Å². The van der Waals surface area contributed by atoms with Gasteiger partial charge in [-0.1, -0.05) is 6.07 Å². The summed E-state index contributed by atoms with van der Waals surface area (Å²) in [5.41, 5.74) is 4.10. The molecule has 3 aromatic rings. The molecular formula is C30H36N6O3. The van der Waals surface area contributed by atoms with E-state index in [1.54, 1.807) is 6.20 Å². The monoisotopic (exact) mass is 528 g/mol. The number of carbonyl (C=O) groups excluding carboxylic acids is 1. The smallest absolute Gasteiger partial charge is 0.224 e. The Labute approximate surface area is 230 Å². The first kappa shape index (κ1) is 27.7. The number of nitriles is 1. The van der Waals surface area contributed by atoms with Gasteiger partial charge in [-0.05, 0) is 76.4 Å². The van der Waals surface area contributed by atoms with Crippen molar-refractivity contribution in [3.8, 4) is 17.6 Å². The predicted molar refractivity (Wildman–Crippen MR) is 153 cm³/mol. The van der Waals surface area contributed by atoms with Crippen LogP contribution in [-0.4, -0.2) is 49.6 Å². The average Bonchev–Trinajstić information content (AvgIpc) is 2.94. The number of rotatable bonds is 12. The van der Waals surface area contributed by atoms with Gasteiger partial charge in [-0.15, -0.1) is 0 Å². The molecule has 0 spiro atoms. The molecule has 2 heterocycles. The number of benzene rings is 2. The number of nitrogens with zero attached hydrogens (tertiary/aromatic N) is 3. The number of hydrogen-bond donors (Lipinski definition) is 3. The quantitative estimate of drug-likeness (QED) is 0.299. The fourth-order valence-corrected chi connectivity index (χ4v) is 4.47. The maximum atomic E-state index is 12.7. The molecule has 4 rings (SSSR count). The number of ether oxygens (including phenoxy) is 2. The molecule has 0 radical (unpaired) electrons. The standard InChI is InChI=1S/C30H36N6O3/c1-4-38-28-17-26-25(16-27(28)35-29(37)9-7-15-36(2)3)30(21(18-31)19-33-26)34-22-10-12-24(13-11-22)39-20-23-8-5-6-14-32-23/h5-6,8,10-14,16-17,21,30,33-34H,4,7,9,15,19-20H2,1-3H3,(H,35,37). The summed E-state index contributed by atoms with van der Waals surface area (Å²) < 4.78 is 11.7. The summed E-state index contributed by atoms with van der Waals surface area (Å²) in [5, 5.41) is 19.8. The van der Waals surface area contributed by atoms with E-state index in [1.165, 1.54) is 0 Å². The maximum Gasteiger partial charge on any atom is 0.224 e. The number of aromatic nitrogens is 1. The van der Waals surface area contributed by atoms with Crippen LogP contribution in [0, 0.1) is 17.2 Å². The summed E-state index contributed by atoms with van der Waals surface area (Å²) in [4.78, 5) is 19.0. The zero-order chi connectivity index (χ0) is 27.6. The molecule has 2 aromatic carbocycles. The normalized spacial score (nSPS) is 16.0. The van der Waals surface area contributed by atoms with Crippen LogP contribution in [0.4, 0.5) is 17.1 Å². The van der Waals surface area contributed by atoms with Crippen LogP contribution in [0.2, 0.25) is 0 Å². The molecule has 39 heavy (non-hydrogen) atoms. The van der Waals surface area contributed by atoms with Crippen LogP contribution in [0.15, 0.2) is 60.8 Å². The van der Waals surface area contributed by atoms with Crippen molar-refractivity contribution < 1.29 is 14.3 Å². The summed E-state index contributed by atoms with van der Waals surface area (Å²) in [6.07, 6.45) is 2.92. The average molecular weight is 529 g/mol. The molecule has 1 amide bonds. The van der Waals surface area contributed by atoms with Crippen molar-refractivity contribution in [1.82, 2.24) is 9.88 Å². The lowest BCUT2D eigenvalue weighted by Crippen LogP contribution is -2.31. The Hall–Kier alpha value is -4.29. The lowest BCUT2D eigenvalue weighted by molar-refractivity contribution is -0.116. The molecule has 1 aromatic heterocycles. The second-order valence-electron chi connectivity index (χ2n) is 9.70. The highest BCUT2D eigenvalue weighted by Gasteiger charge is 2.31. The van der Waals surface area contributed by atoms with Crippen LogP contribution < -0.4 is 25.4 Å². The minimum Gasteiger partial charge on any atom is -0.492 e. The highest BCUT2D eigenvalue weighted by molar-refractivity contribution is 5.93. The summed E-state index contributed by atoms with van der Waals surface area (Å²) >= 11 is 0. The molecule has 0 saturated carbocycles. The second-order valence-corrected chi connectivity index (χ2v) is 9.70. The molecule has 1 aliphatic heterocycles. The van der Waals surface area contributed by atoms with E-state index in [2.05, 4.69) is 31.9 Å². The van der Waals surface area contributed by atoms with E-state index in [-0.39, 0.29) is 17.9 Å². The first-order chi connectivity index (χ1) is 19.0. The number of nitrogens with one attached hydrogen (secondary N) is 3. The summed E-state index contributed by atoms with van der Waals surface area (Å²) in [6.45, 7) is 4.10. The summed E-state index contributed by atoms with van der Waals surface area (Å²) in [7, 11) is 3.98. The van der Waals surface area contributed by atoms with Gasteiger partial charge in [-0.25, -0.2) is 0 Å². The fraction of sp³-hybridized carbons (Fsp3) is 0.367. The number of anilines is 3. The van der Waals surface area contributed by atoms with Crippen molar-refractivity contribution in [1.29, 1.82) is 5.26 Å². The Morgan fingerprint density at radius 1 is 1.18 bits per heavy atom. The highest BCUT2D eigenvalue weighted by Crippen LogP contribution is 2.41. The number of fused-ring (bicyclic) bond motifs is 1. The SMILES string of the molecule is CCOc1cc2c(cc1NC(=O)CCCN(C)C)C(Nc1ccc(OCc3ccccn3)cc1)C(C#N)CN2. The number of carbonyl (C=O) groups is 1. The van der Waals surface area contributed by atoms with Gasteiger partial charge in [0.2, 0.25) is 5.91 Å². The molecule has 0 fully saturated rings. The molecule has 204 valence electrons. The van der Waals surface area contributed by atoms with E-state index in [1.807, 2.05) is 75.6 Å². The van der Waals surface area contributed by atoms with Crippen molar-refractivity contribution in [2.24, 2.45) is 5.92 Å². The van der Waals surface area contributed by atoms with Crippen LogP contribution in [0.3, 0.4) is 0 Å². The number of hydrogen-bond acceptors (Lipinski definition) is 8. The van der Waals surface area contributed by atoms with Crippen LogP contribution >= 0.6 is 0 Å². The molecule has 9 nitrogen and oxygen atoms in total. The van der Waals surface area contributed by atoms with Gasteiger partial charge in [-0.3, -0.25) is 9.78 Å². The van der Waals surface area contributed by atoms with Crippen LogP contribution in [0.1, 0.15) is 37.1 Å². The molecule has 0 bridgehead atoms. The number of amides is 1. The maximum absolute atomic E-state index is 12.7. The van der Waals surface area contributed by atoms with E-state index < -0.39 is 0 Å². The number of pyridine rings is 1. The van der Waals surface area contributed by atoms with Gasteiger partial charge in [0.15, 0.2) is 0 Å². The third-order valence-electron chi connectivity index (χ3n) is 6.44. The van der Waals surface area contributed by atoms with Gasteiger partial charge >= 0.3 is 0 Å². The van der Waals surface area contributed by atoms with Gasteiger partial charge < -0.3 is 30.3 Å². The minimum absolute atomic E-state index is 0.0656. The van der Waals surface area contributed by atoms with Crippen molar-refractivity contribution in [3.63, 3.8) is 0 Å². The van der Waals surface area contributed by atoms with E-state index in [9.17, 15) is 10.1 Å². The first-order valence-electron chi connectivity index (χ1n) is 13.2. The zero-order valence-corrected chi connectivity index (χ0v) is 22.7. The second kappa shape index (κ2) is 13.5. The lowest BCUT2D eigenvalue weighted by atomic mass is 9.88. The molecular weight excluding hydrogens is 492 g/mol. The first-order valence-corrected chi connectivity index (χ1v) is 13.2. The van der Waals surface area contributed by atoms with Gasteiger partial charge in [0, 0.05) is 42.2 Å². The van der Waals surface area contributed by atoms with E-state index in [0.29, 0.717) is 37.6 Å². The van der Waals surface area contributed by atoms with Gasteiger partial charge in [-0.2, -0.15) is 5.26 Å². The third kappa shape index (κ3) is 7.62. The highest BCUT2D eigenvalue weighted by atomic mass is 16.5. The minimum atomic E-state index is -0.320. The van der Waals surface area contributed by atoms with Crippen LogP contribution in [0.5, 0.6) is 11.5 Å². The van der Waals surface area contributed by atoms with Crippen molar-refractivity contribution in [3.05, 3.63) is 72.1 Å². The molecule has 2 unspecified atom stereocenters. The van der Waals surface area contributed by atoms with E-state index in [0.717, 1.165) is 41.3 Å². The van der Waals surface area contributed by atoms with Gasteiger partial charge in [0.25, 0.3) is 0 Å². The summed E-state index contributed by atoms with van der Waals surface area (Å²) in [5.74, 6) is 0.950. The van der Waals surface area contributed by atoms with E-state index in [4.69, 9.17) is 9.47 Å². The zero-order valence-electron chi connectivity index (χ0n) is 22.7. The molecule has 9 heteroatoms. The lowest BCUT2D eigenvalue weighted by Gasteiger charge is -2.33. The molecule has 3 N–H and O–H groups in total. The largest absolute Gasteiger partial charge is 0.492 e. The molecule has 1 aliphatic rings. The Morgan fingerprint density at radius 3 is 2.69 bits per heavy atom. The summed E-state index contributed by atoms with van der Waals surface area (Å²) in [6, 6.07) is 19.4. The van der Waals surface area contributed by atoms with Gasteiger partial charge in [0.05, 0.1) is 36.0 Å². The van der Waals surface area contributed by atoms with Gasteiger partial charge in [0.1, 0.15) is 18.1 Å². The topological polar surface area (TPSA) is 112 Å². The van der Waals surface area contributed by atoms with Crippen LogP contribution in [0.25, 0.3) is 0 Å². The predicted octanol–water partition coefficient (Wildman–Crippen LogP) is 5.06. The fourth-order valence-electron chi connectivity index (χ4n) is 4.47. The van der Waals surface area contributed by atoms with Crippen molar-refractivity contribution in [2.75, 3.05) is 49.7 Å².